The number of tetrazole rings is 1. The maximum atomic E-state index is 12.9. The number of benzene rings is 1. The number of hydrogen-bond acceptors (Lipinski definition) is 4. The van der Waals surface area contributed by atoms with Crippen molar-refractivity contribution in [2.75, 3.05) is 6.54 Å². The second kappa shape index (κ2) is 6.38. The molecule has 0 bridgehead atoms. The fourth-order valence-electron chi connectivity index (χ4n) is 2.04. The molecule has 19 heavy (non-hydrogen) atoms. The van der Waals surface area contributed by atoms with Crippen LogP contribution in [0.2, 0.25) is 0 Å². The molecule has 1 atom stereocenters. The fraction of sp³-hybridized carbons (Fsp3) is 0.462. The van der Waals surface area contributed by atoms with Gasteiger partial charge in [-0.1, -0.05) is 19.1 Å². The maximum Gasteiger partial charge on any atom is 0.176 e. The number of aromatic nitrogens is 4. The van der Waals surface area contributed by atoms with Crippen LogP contribution in [0, 0.1) is 5.82 Å². The summed E-state index contributed by atoms with van der Waals surface area (Å²) in [7, 11) is 1.75. The smallest absolute Gasteiger partial charge is 0.176 e. The maximum absolute atomic E-state index is 12.9. The second-order valence-corrected chi connectivity index (χ2v) is 4.48. The Hall–Kier alpha value is -1.82. The molecule has 1 aromatic heterocycles. The molecule has 2 aromatic rings. The molecule has 0 aliphatic carbocycles. The lowest BCUT2D eigenvalue weighted by atomic mass is 10.0. The van der Waals surface area contributed by atoms with Gasteiger partial charge >= 0.3 is 0 Å². The Kier molecular flexibility index (Phi) is 4.57. The van der Waals surface area contributed by atoms with Crippen LogP contribution in [0.4, 0.5) is 4.39 Å². The molecular formula is C13H18FN5. The first-order valence-electron chi connectivity index (χ1n) is 6.38. The summed E-state index contributed by atoms with van der Waals surface area (Å²) >= 11 is 0. The Bertz CT molecular complexity index is 508. The number of aryl methyl sites for hydroxylation is 1. The van der Waals surface area contributed by atoms with E-state index < -0.39 is 0 Å². The Morgan fingerprint density at radius 2 is 2.00 bits per heavy atom. The third-order valence-corrected chi connectivity index (χ3v) is 2.87. The monoisotopic (exact) mass is 263 g/mol. The van der Waals surface area contributed by atoms with Gasteiger partial charge in [-0.15, -0.1) is 10.2 Å². The second-order valence-electron chi connectivity index (χ2n) is 4.48. The van der Waals surface area contributed by atoms with Gasteiger partial charge in [0.15, 0.2) is 5.82 Å². The van der Waals surface area contributed by atoms with E-state index in [9.17, 15) is 4.39 Å². The van der Waals surface area contributed by atoms with Gasteiger partial charge in [-0.05, 0) is 35.9 Å². The van der Waals surface area contributed by atoms with Crippen molar-refractivity contribution >= 4 is 0 Å². The van der Waals surface area contributed by atoms with Crippen LogP contribution in [0.25, 0.3) is 0 Å². The van der Waals surface area contributed by atoms with E-state index in [1.54, 1.807) is 7.05 Å². The Morgan fingerprint density at radius 3 is 2.58 bits per heavy atom. The summed E-state index contributed by atoms with van der Waals surface area (Å²) in [4.78, 5) is 1.45. The van der Waals surface area contributed by atoms with Crippen molar-refractivity contribution in [1.29, 1.82) is 0 Å². The molecule has 0 amide bonds. The van der Waals surface area contributed by atoms with Crippen LogP contribution in [0.15, 0.2) is 24.3 Å². The highest BCUT2D eigenvalue weighted by Gasteiger charge is 2.12. The van der Waals surface area contributed by atoms with E-state index in [0.717, 1.165) is 24.4 Å². The van der Waals surface area contributed by atoms with Crippen LogP contribution in [0.1, 0.15) is 18.3 Å². The molecule has 0 aliphatic rings. The van der Waals surface area contributed by atoms with Gasteiger partial charge in [-0.3, -0.25) is 0 Å². The van der Waals surface area contributed by atoms with Crippen molar-refractivity contribution in [3.63, 3.8) is 0 Å². The SMILES string of the molecule is CCNC(Cc1ccc(F)cc1)Cc1nnn(C)n1. The molecule has 0 radical (unpaired) electrons. The highest BCUT2D eigenvalue weighted by molar-refractivity contribution is 5.17. The molecule has 0 saturated carbocycles. The van der Waals surface area contributed by atoms with Crippen LogP contribution in [-0.4, -0.2) is 32.8 Å². The summed E-state index contributed by atoms with van der Waals surface area (Å²) in [6.07, 6.45) is 1.52. The van der Waals surface area contributed by atoms with Crippen molar-refractivity contribution in [3.8, 4) is 0 Å². The van der Waals surface area contributed by atoms with Gasteiger partial charge in [0, 0.05) is 12.5 Å². The van der Waals surface area contributed by atoms with E-state index in [1.165, 1.54) is 16.9 Å². The first-order chi connectivity index (χ1) is 9.17. The lowest BCUT2D eigenvalue weighted by Crippen LogP contribution is -2.33. The van der Waals surface area contributed by atoms with Crippen LogP contribution < -0.4 is 5.32 Å². The molecule has 0 fully saturated rings. The molecule has 102 valence electrons. The number of likely N-dealkylation sites (N-methyl/N-ethyl adjacent to an activating group) is 1. The zero-order valence-electron chi connectivity index (χ0n) is 11.2. The zero-order chi connectivity index (χ0) is 13.7. The van der Waals surface area contributed by atoms with Gasteiger partial charge in [-0.2, -0.15) is 4.80 Å². The molecule has 1 N–H and O–H groups in total. The molecule has 1 unspecified atom stereocenters. The van der Waals surface area contributed by atoms with Crippen molar-refractivity contribution in [2.24, 2.45) is 7.05 Å². The zero-order valence-corrected chi connectivity index (χ0v) is 11.2. The number of rotatable bonds is 6. The number of halogens is 1. The molecule has 6 heteroatoms. The van der Waals surface area contributed by atoms with Crippen LogP contribution in [0.3, 0.4) is 0 Å². The van der Waals surface area contributed by atoms with Gasteiger partial charge in [0.25, 0.3) is 0 Å². The van der Waals surface area contributed by atoms with E-state index in [0.29, 0.717) is 6.42 Å². The van der Waals surface area contributed by atoms with Gasteiger partial charge in [0.2, 0.25) is 0 Å². The molecular weight excluding hydrogens is 245 g/mol. The Balaban J connectivity index is 2.01. The van der Waals surface area contributed by atoms with E-state index in [-0.39, 0.29) is 11.9 Å². The highest BCUT2D eigenvalue weighted by atomic mass is 19.1. The predicted molar refractivity (Wildman–Crippen MR) is 70.1 cm³/mol. The number of nitrogens with zero attached hydrogens (tertiary/aromatic N) is 4. The minimum Gasteiger partial charge on any atom is -0.313 e. The minimum atomic E-state index is -0.209. The highest BCUT2D eigenvalue weighted by Crippen LogP contribution is 2.08. The standard InChI is InChI=1S/C13H18FN5/c1-3-15-12(9-13-16-18-19(2)17-13)8-10-4-6-11(14)7-5-10/h4-7,12,15H,3,8-9H2,1-2H3. The summed E-state index contributed by atoms with van der Waals surface area (Å²) < 4.78 is 12.9. The molecule has 2 rings (SSSR count). The number of nitrogens with one attached hydrogen (secondary N) is 1. The van der Waals surface area contributed by atoms with Crippen LogP contribution >= 0.6 is 0 Å². The average Bonchev–Trinajstić information content (AvgIpc) is 2.78. The third kappa shape index (κ3) is 4.10. The van der Waals surface area contributed by atoms with Gasteiger partial charge in [0.1, 0.15) is 5.82 Å². The lowest BCUT2D eigenvalue weighted by molar-refractivity contribution is 0.508. The van der Waals surface area contributed by atoms with E-state index in [1.807, 2.05) is 12.1 Å². The largest absolute Gasteiger partial charge is 0.313 e. The first-order valence-corrected chi connectivity index (χ1v) is 6.38. The van der Waals surface area contributed by atoms with Crippen molar-refractivity contribution in [1.82, 2.24) is 25.5 Å². The molecule has 1 heterocycles. The Labute approximate surface area is 111 Å². The summed E-state index contributed by atoms with van der Waals surface area (Å²) in [5.41, 5.74) is 1.09. The topological polar surface area (TPSA) is 55.6 Å². The molecule has 0 saturated heterocycles. The lowest BCUT2D eigenvalue weighted by Gasteiger charge is -2.16. The van der Waals surface area contributed by atoms with Crippen molar-refractivity contribution in [3.05, 3.63) is 41.5 Å². The Morgan fingerprint density at radius 1 is 1.26 bits per heavy atom. The van der Waals surface area contributed by atoms with Crippen LogP contribution in [0.5, 0.6) is 0 Å². The average molecular weight is 263 g/mol. The van der Waals surface area contributed by atoms with Gasteiger partial charge in [0.05, 0.1) is 7.05 Å². The van der Waals surface area contributed by atoms with E-state index in [4.69, 9.17) is 0 Å². The van der Waals surface area contributed by atoms with E-state index >= 15 is 0 Å². The quantitative estimate of drug-likeness (QED) is 0.848. The van der Waals surface area contributed by atoms with Crippen LogP contribution in [-0.2, 0) is 19.9 Å². The molecule has 0 aliphatic heterocycles. The summed E-state index contributed by atoms with van der Waals surface area (Å²) in [5, 5.41) is 15.4. The normalized spacial score (nSPS) is 12.6. The summed E-state index contributed by atoms with van der Waals surface area (Å²) in [5.74, 6) is 0.509. The van der Waals surface area contributed by atoms with Gasteiger partial charge in [-0.25, -0.2) is 4.39 Å². The van der Waals surface area contributed by atoms with E-state index in [2.05, 4.69) is 27.7 Å². The summed E-state index contributed by atoms with van der Waals surface area (Å²) in [6.45, 7) is 2.92. The predicted octanol–water partition coefficient (Wildman–Crippen LogP) is 1.11. The third-order valence-electron chi connectivity index (χ3n) is 2.87. The number of hydrogen-bond donors (Lipinski definition) is 1. The van der Waals surface area contributed by atoms with Gasteiger partial charge < -0.3 is 5.32 Å². The van der Waals surface area contributed by atoms with Crippen molar-refractivity contribution < 1.29 is 4.39 Å². The van der Waals surface area contributed by atoms with Crippen molar-refractivity contribution in [2.45, 2.75) is 25.8 Å². The summed E-state index contributed by atoms with van der Waals surface area (Å²) in [6, 6.07) is 6.81. The molecule has 5 nitrogen and oxygen atoms in total. The minimum absolute atomic E-state index is 0.209. The molecule has 0 spiro atoms. The molecule has 1 aromatic carbocycles. The fourth-order valence-corrected chi connectivity index (χ4v) is 2.04. The first kappa shape index (κ1) is 13.6.